The molecule has 104 valence electrons. The Kier molecular flexibility index (Phi) is 4.56. The number of carbonyl (C=O) groups excluding carboxylic acids is 1. The van der Waals surface area contributed by atoms with Crippen LogP contribution in [0.5, 0.6) is 0 Å². The molecular weight excluding hydrogens is 242 g/mol. The van der Waals surface area contributed by atoms with Crippen LogP contribution in [0.3, 0.4) is 0 Å². The molecule has 2 rings (SSSR count). The third kappa shape index (κ3) is 3.33. The molecule has 1 saturated heterocycles. The van der Waals surface area contributed by atoms with Crippen LogP contribution < -0.4 is 5.32 Å². The summed E-state index contributed by atoms with van der Waals surface area (Å²) in [4.78, 5) is 11.4. The third-order valence-corrected chi connectivity index (χ3v) is 3.87. The number of aliphatic hydroxyl groups is 1. The normalized spacial score (nSPS) is 30.9. The van der Waals surface area contributed by atoms with Crippen LogP contribution in [0, 0.1) is 5.92 Å². The lowest BCUT2D eigenvalue weighted by Crippen LogP contribution is -2.48. The number of hydrogen-bond donors (Lipinski definition) is 2. The van der Waals surface area contributed by atoms with E-state index in [1.54, 1.807) is 0 Å². The lowest BCUT2D eigenvalue weighted by atomic mass is 9.82. The molecule has 0 saturated carbocycles. The molecule has 1 aliphatic rings. The first-order valence-corrected chi connectivity index (χ1v) is 6.67. The van der Waals surface area contributed by atoms with Gasteiger partial charge in [-0.15, -0.1) is 0 Å². The van der Waals surface area contributed by atoms with Crippen molar-refractivity contribution in [3.8, 4) is 0 Å². The van der Waals surface area contributed by atoms with Crippen LogP contribution in [0.15, 0.2) is 30.3 Å². The molecule has 1 aliphatic heterocycles. The van der Waals surface area contributed by atoms with Gasteiger partial charge in [-0.25, -0.2) is 0 Å². The SMILES string of the molecule is COC(=O)C[C@H]1C[C@H](O)[C@H](C)[C@@H](c2ccccc2)N1. The van der Waals surface area contributed by atoms with Gasteiger partial charge < -0.3 is 15.2 Å². The molecule has 4 heteroatoms. The number of methoxy groups -OCH3 is 1. The van der Waals surface area contributed by atoms with E-state index in [0.717, 1.165) is 5.56 Å². The molecule has 0 unspecified atom stereocenters. The van der Waals surface area contributed by atoms with E-state index in [2.05, 4.69) is 5.32 Å². The minimum atomic E-state index is -0.402. The van der Waals surface area contributed by atoms with E-state index in [0.29, 0.717) is 12.8 Å². The molecule has 1 heterocycles. The van der Waals surface area contributed by atoms with Crippen molar-refractivity contribution in [1.29, 1.82) is 0 Å². The lowest BCUT2D eigenvalue weighted by Gasteiger charge is -2.39. The molecule has 4 atom stereocenters. The van der Waals surface area contributed by atoms with Gasteiger partial charge in [-0.1, -0.05) is 37.3 Å². The summed E-state index contributed by atoms with van der Waals surface area (Å²) in [5.41, 5.74) is 1.14. The Bertz CT molecular complexity index is 421. The second kappa shape index (κ2) is 6.17. The van der Waals surface area contributed by atoms with Crippen molar-refractivity contribution in [2.24, 2.45) is 5.92 Å². The van der Waals surface area contributed by atoms with Crippen LogP contribution in [-0.2, 0) is 9.53 Å². The highest BCUT2D eigenvalue weighted by atomic mass is 16.5. The molecule has 1 fully saturated rings. The summed E-state index contributed by atoms with van der Waals surface area (Å²) in [5.74, 6) is -0.123. The van der Waals surface area contributed by atoms with E-state index in [9.17, 15) is 9.90 Å². The molecular formula is C15H21NO3. The zero-order chi connectivity index (χ0) is 13.8. The quantitative estimate of drug-likeness (QED) is 0.814. The highest BCUT2D eigenvalue weighted by Gasteiger charge is 2.35. The average molecular weight is 263 g/mol. The monoisotopic (exact) mass is 263 g/mol. The number of esters is 1. The minimum Gasteiger partial charge on any atom is -0.469 e. The summed E-state index contributed by atoms with van der Waals surface area (Å²) in [6.07, 6.45) is 0.476. The summed E-state index contributed by atoms with van der Waals surface area (Å²) in [6, 6.07) is 10.1. The first-order chi connectivity index (χ1) is 9.11. The lowest BCUT2D eigenvalue weighted by molar-refractivity contribution is -0.141. The zero-order valence-corrected chi connectivity index (χ0v) is 11.4. The van der Waals surface area contributed by atoms with Crippen molar-refractivity contribution in [1.82, 2.24) is 5.32 Å². The van der Waals surface area contributed by atoms with Gasteiger partial charge in [0, 0.05) is 18.0 Å². The van der Waals surface area contributed by atoms with Crippen LogP contribution in [-0.4, -0.2) is 30.3 Å². The van der Waals surface area contributed by atoms with Gasteiger partial charge in [0.25, 0.3) is 0 Å². The van der Waals surface area contributed by atoms with Gasteiger partial charge in [-0.05, 0) is 12.0 Å². The molecule has 4 nitrogen and oxygen atoms in total. The topological polar surface area (TPSA) is 58.6 Å². The molecule has 2 N–H and O–H groups in total. The van der Waals surface area contributed by atoms with Gasteiger partial charge >= 0.3 is 5.97 Å². The number of aliphatic hydroxyl groups excluding tert-OH is 1. The molecule has 0 amide bonds. The van der Waals surface area contributed by atoms with Crippen molar-refractivity contribution in [3.63, 3.8) is 0 Å². The molecule has 19 heavy (non-hydrogen) atoms. The largest absolute Gasteiger partial charge is 0.469 e. The first kappa shape index (κ1) is 14.0. The second-order valence-electron chi connectivity index (χ2n) is 5.19. The standard InChI is InChI=1S/C15H21NO3/c1-10-13(17)8-12(9-14(18)19-2)16-15(10)11-6-4-3-5-7-11/h3-7,10,12-13,15-17H,8-9H2,1-2H3/t10-,12+,13-,15-/m0/s1. The van der Waals surface area contributed by atoms with E-state index in [-0.39, 0.29) is 24.0 Å². The summed E-state index contributed by atoms with van der Waals surface area (Å²) in [5, 5.41) is 13.6. The maximum absolute atomic E-state index is 11.4. The summed E-state index contributed by atoms with van der Waals surface area (Å²) < 4.78 is 4.70. The summed E-state index contributed by atoms with van der Waals surface area (Å²) >= 11 is 0. The van der Waals surface area contributed by atoms with E-state index >= 15 is 0 Å². The van der Waals surface area contributed by atoms with E-state index in [1.807, 2.05) is 37.3 Å². The zero-order valence-electron chi connectivity index (χ0n) is 11.4. The smallest absolute Gasteiger partial charge is 0.307 e. The molecule has 0 radical (unpaired) electrons. The van der Waals surface area contributed by atoms with Crippen molar-refractivity contribution >= 4 is 5.97 Å². The Labute approximate surface area is 113 Å². The number of hydrogen-bond acceptors (Lipinski definition) is 4. The van der Waals surface area contributed by atoms with E-state index in [1.165, 1.54) is 7.11 Å². The van der Waals surface area contributed by atoms with Gasteiger partial charge in [0.1, 0.15) is 0 Å². The summed E-state index contributed by atoms with van der Waals surface area (Å²) in [7, 11) is 1.39. The third-order valence-electron chi connectivity index (χ3n) is 3.87. The van der Waals surface area contributed by atoms with E-state index < -0.39 is 6.10 Å². The fraction of sp³-hybridized carbons (Fsp3) is 0.533. The second-order valence-corrected chi connectivity index (χ2v) is 5.19. The number of benzene rings is 1. The van der Waals surface area contributed by atoms with Crippen LogP contribution in [0.4, 0.5) is 0 Å². The van der Waals surface area contributed by atoms with Crippen LogP contribution in [0.1, 0.15) is 31.4 Å². The number of nitrogens with one attached hydrogen (secondary N) is 1. The Hall–Kier alpha value is -1.39. The summed E-state index contributed by atoms with van der Waals surface area (Å²) in [6.45, 7) is 2.03. The van der Waals surface area contributed by atoms with Gasteiger partial charge in [0.05, 0.1) is 19.6 Å². The van der Waals surface area contributed by atoms with E-state index in [4.69, 9.17) is 4.74 Å². The van der Waals surface area contributed by atoms with Crippen molar-refractivity contribution in [3.05, 3.63) is 35.9 Å². The average Bonchev–Trinajstić information content (AvgIpc) is 2.43. The molecule has 0 bridgehead atoms. The Morgan fingerprint density at radius 3 is 2.74 bits per heavy atom. The highest BCUT2D eigenvalue weighted by Crippen LogP contribution is 2.32. The molecule has 0 aliphatic carbocycles. The van der Waals surface area contributed by atoms with Crippen LogP contribution in [0.2, 0.25) is 0 Å². The number of carbonyl (C=O) groups is 1. The predicted molar refractivity (Wildman–Crippen MR) is 72.5 cm³/mol. The van der Waals surface area contributed by atoms with Gasteiger partial charge in [0.2, 0.25) is 0 Å². The fourth-order valence-corrected chi connectivity index (χ4v) is 2.69. The van der Waals surface area contributed by atoms with Crippen molar-refractivity contribution in [2.75, 3.05) is 7.11 Å². The van der Waals surface area contributed by atoms with Gasteiger partial charge in [-0.2, -0.15) is 0 Å². The molecule has 1 aromatic rings. The minimum absolute atomic E-state index is 0.0381. The number of rotatable bonds is 3. The highest BCUT2D eigenvalue weighted by molar-refractivity contribution is 5.69. The maximum Gasteiger partial charge on any atom is 0.307 e. The Morgan fingerprint density at radius 2 is 2.11 bits per heavy atom. The molecule has 1 aromatic carbocycles. The Morgan fingerprint density at radius 1 is 1.42 bits per heavy atom. The first-order valence-electron chi connectivity index (χ1n) is 6.67. The Balaban J connectivity index is 2.11. The maximum atomic E-state index is 11.4. The predicted octanol–water partition coefficient (Wildman–Crippen LogP) is 1.65. The molecule has 0 aromatic heterocycles. The van der Waals surface area contributed by atoms with Crippen LogP contribution >= 0.6 is 0 Å². The fourth-order valence-electron chi connectivity index (χ4n) is 2.69. The van der Waals surface area contributed by atoms with Crippen molar-refractivity contribution in [2.45, 2.75) is 38.0 Å². The van der Waals surface area contributed by atoms with Gasteiger partial charge in [-0.3, -0.25) is 4.79 Å². The number of ether oxygens (including phenoxy) is 1. The number of piperidine rings is 1. The van der Waals surface area contributed by atoms with Crippen molar-refractivity contribution < 1.29 is 14.6 Å². The van der Waals surface area contributed by atoms with Gasteiger partial charge in [0.15, 0.2) is 0 Å². The molecule has 0 spiro atoms. The van der Waals surface area contributed by atoms with Crippen LogP contribution in [0.25, 0.3) is 0 Å².